The Kier molecular flexibility index (Phi) is 4.92. The second kappa shape index (κ2) is 7.11. The summed E-state index contributed by atoms with van der Waals surface area (Å²) < 4.78 is 6.08. The Bertz CT molecular complexity index is 683. The fourth-order valence-corrected chi connectivity index (χ4v) is 3.12. The maximum atomic E-state index is 10.1. The lowest BCUT2D eigenvalue weighted by Crippen LogP contribution is -2.31. The Morgan fingerprint density at radius 3 is 2.38 bits per heavy atom. The standard InChI is InChI=1S/C19H22O5/c20-14-5-1-12(2-6-14)3-7-16-10-15(21)11-19(24-16)13-4-8-17(22)18(23)9-13/h1-2,4-6,8-9,15-16,19-23H,3,7,10-11H2/t15-,16-,19-/m1/s1. The molecule has 1 aliphatic rings. The number of ether oxygens (including phenoxy) is 1. The third-order valence-electron chi connectivity index (χ3n) is 4.44. The van der Waals surface area contributed by atoms with Crippen molar-refractivity contribution < 1.29 is 25.2 Å². The molecule has 1 heterocycles. The van der Waals surface area contributed by atoms with E-state index in [2.05, 4.69) is 0 Å². The molecule has 1 fully saturated rings. The van der Waals surface area contributed by atoms with Gasteiger partial charge in [0.25, 0.3) is 0 Å². The highest BCUT2D eigenvalue weighted by Gasteiger charge is 2.29. The molecule has 1 aliphatic heterocycles. The fraction of sp³-hybridized carbons (Fsp3) is 0.368. The molecule has 0 aliphatic carbocycles. The van der Waals surface area contributed by atoms with E-state index in [1.807, 2.05) is 12.1 Å². The molecule has 1 saturated heterocycles. The maximum Gasteiger partial charge on any atom is 0.157 e. The zero-order chi connectivity index (χ0) is 17.1. The van der Waals surface area contributed by atoms with Crippen LogP contribution >= 0.6 is 0 Å². The second-order valence-electron chi connectivity index (χ2n) is 6.33. The van der Waals surface area contributed by atoms with Crippen molar-refractivity contribution in [3.05, 3.63) is 53.6 Å². The fourth-order valence-electron chi connectivity index (χ4n) is 3.12. The zero-order valence-corrected chi connectivity index (χ0v) is 13.3. The highest BCUT2D eigenvalue weighted by molar-refractivity contribution is 5.41. The van der Waals surface area contributed by atoms with Crippen molar-refractivity contribution in [2.24, 2.45) is 0 Å². The summed E-state index contributed by atoms with van der Waals surface area (Å²) in [5.41, 5.74) is 1.86. The van der Waals surface area contributed by atoms with Crippen molar-refractivity contribution in [2.75, 3.05) is 0 Å². The first kappa shape index (κ1) is 16.6. The molecule has 2 aromatic rings. The van der Waals surface area contributed by atoms with Crippen LogP contribution < -0.4 is 0 Å². The Hall–Kier alpha value is -2.24. The van der Waals surface area contributed by atoms with Crippen molar-refractivity contribution in [1.29, 1.82) is 0 Å². The number of aliphatic hydroxyl groups excluding tert-OH is 1. The molecule has 0 amide bonds. The van der Waals surface area contributed by atoms with E-state index >= 15 is 0 Å². The molecule has 5 nitrogen and oxygen atoms in total. The molecular formula is C19H22O5. The minimum Gasteiger partial charge on any atom is -0.508 e. The Labute approximate surface area is 140 Å². The van der Waals surface area contributed by atoms with E-state index in [1.54, 1.807) is 18.2 Å². The molecule has 2 aromatic carbocycles. The van der Waals surface area contributed by atoms with E-state index in [0.29, 0.717) is 12.8 Å². The van der Waals surface area contributed by atoms with Crippen LogP contribution in [0.1, 0.15) is 36.5 Å². The van der Waals surface area contributed by atoms with Gasteiger partial charge in [0.15, 0.2) is 11.5 Å². The van der Waals surface area contributed by atoms with E-state index in [1.165, 1.54) is 12.1 Å². The van der Waals surface area contributed by atoms with Crippen molar-refractivity contribution in [2.45, 2.75) is 44.0 Å². The number of phenolic OH excluding ortho intramolecular Hbond substituents is 3. The normalized spacial score (nSPS) is 24.0. The van der Waals surface area contributed by atoms with Gasteiger partial charge in [0.1, 0.15) is 5.75 Å². The number of aromatic hydroxyl groups is 3. The van der Waals surface area contributed by atoms with Crippen LogP contribution in [-0.2, 0) is 11.2 Å². The van der Waals surface area contributed by atoms with Crippen LogP contribution in [0.2, 0.25) is 0 Å². The first-order valence-corrected chi connectivity index (χ1v) is 8.14. The Morgan fingerprint density at radius 2 is 1.67 bits per heavy atom. The molecule has 0 spiro atoms. The number of rotatable bonds is 4. The van der Waals surface area contributed by atoms with Gasteiger partial charge in [0.05, 0.1) is 18.3 Å². The van der Waals surface area contributed by atoms with Gasteiger partial charge in [-0.25, -0.2) is 0 Å². The van der Waals surface area contributed by atoms with Crippen molar-refractivity contribution in [1.82, 2.24) is 0 Å². The van der Waals surface area contributed by atoms with Crippen LogP contribution in [0.25, 0.3) is 0 Å². The van der Waals surface area contributed by atoms with Crippen molar-refractivity contribution in [3.63, 3.8) is 0 Å². The molecule has 3 atom stereocenters. The van der Waals surface area contributed by atoms with Gasteiger partial charge in [-0.05, 0) is 54.7 Å². The first-order valence-electron chi connectivity index (χ1n) is 8.14. The average molecular weight is 330 g/mol. The summed E-state index contributed by atoms with van der Waals surface area (Å²) in [4.78, 5) is 0. The van der Waals surface area contributed by atoms with Crippen LogP contribution in [-0.4, -0.2) is 32.6 Å². The third kappa shape index (κ3) is 3.99. The largest absolute Gasteiger partial charge is 0.508 e. The number of aliphatic hydroxyl groups is 1. The Balaban J connectivity index is 1.64. The predicted molar refractivity (Wildman–Crippen MR) is 89.1 cm³/mol. The van der Waals surface area contributed by atoms with E-state index in [-0.39, 0.29) is 29.5 Å². The average Bonchev–Trinajstić information content (AvgIpc) is 2.56. The lowest BCUT2D eigenvalue weighted by Gasteiger charge is -2.33. The smallest absolute Gasteiger partial charge is 0.157 e. The summed E-state index contributed by atoms with van der Waals surface area (Å²) >= 11 is 0. The zero-order valence-electron chi connectivity index (χ0n) is 13.3. The summed E-state index contributed by atoms with van der Waals surface area (Å²) in [6.45, 7) is 0. The molecule has 3 rings (SSSR count). The quantitative estimate of drug-likeness (QED) is 0.647. The van der Waals surface area contributed by atoms with E-state index in [4.69, 9.17) is 4.74 Å². The molecule has 0 bridgehead atoms. The van der Waals surface area contributed by atoms with Crippen LogP contribution in [0.15, 0.2) is 42.5 Å². The summed E-state index contributed by atoms with van der Waals surface area (Å²) in [6, 6.07) is 11.7. The molecule has 128 valence electrons. The third-order valence-corrected chi connectivity index (χ3v) is 4.44. The summed E-state index contributed by atoms with van der Waals surface area (Å²) in [6.07, 6.45) is 1.78. The molecule has 24 heavy (non-hydrogen) atoms. The Morgan fingerprint density at radius 1 is 0.917 bits per heavy atom. The van der Waals surface area contributed by atoms with Crippen LogP contribution in [0.5, 0.6) is 17.2 Å². The number of phenols is 3. The molecule has 5 heteroatoms. The number of hydrogen-bond donors (Lipinski definition) is 4. The van der Waals surface area contributed by atoms with Gasteiger partial charge in [-0.1, -0.05) is 18.2 Å². The highest BCUT2D eigenvalue weighted by atomic mass is 16.5. The van der Waals surface area contributed by atoms with E-state index in [9.17, 15) is 20.4 Å². The highest BCUT2D eigenvalue weighted by Crippen LogP contribution is 2.36. The number of aryl methyl sites for hydroxylation is 1. The molecule has 0 radical (unpaired) electrons. The van der Waals surface area contributed by atoms with Crippen LogP contribution in [0.3, 0.4) is 0 Å². The number of hydrogen-bond acceptors (Lipinski definition) is 5. The number of benzene rings is 2. The van der Waals surface area contributed by atoms with Gasteiger partial charge < -0.3 is 25.2 Å². The molecule has 4 N–H and O–H groups in total. The second-order valence-corrected chi connectivity index (χ2v) is 6.33. The molecular weight excluding hydrogens is 308 g/mol. The van der Waals surface area contributed by atoms with Crippen LogP contribution in [0.4, 0.5) is 0 Å². The van der Waals surface area contributed by atoms with Gasteiger partial charge in [-0.2, -0.15) is 0 Å². The predicted octanol–water partition coefficient (Wildman–Crippen LogP) is 3.02. The maximum absolute atomic E-state index is 10.1. The summed E-state index contributed by atoms with van der Waals surface area (Å²) in [5.74, 6) is -0.105. The van der Waals surface area contributed by atoms with Crippen molar-refractivity contribution in [3.8, 4) is 17.2 Å². The summed E-state index contributed by atoms with van der Waals surface area (Å²) in [5, 5.41) is 38.5. The lowest BCUT2D eigenvalue weighted by molar-refractivity contribution is -0.0998. The summed E-state index contributed by atoms with van der Waals surface area (Å²) in [7, 11) is 0. The van der Waals surface area contributed by atoms with Gasteiger partial charge in [0.2, 0.25) is 0 Å². The van der Waals surface area contributed by atoms with E-state index < -0.39 is 6.10 Å². The monoisotopic (exact) mass is 330 g/mol. The van der Waals surface area contributed by atoms with Crippen LogP contribution in [0, 0.1) is 0 Å². The van der Waals surface area contributed by atoms with Crippen molar-refractivity contribution >= 4 is 0 Å². The minimum atomic E-state index is -0.454. The van der Waals surface area contributed by atoms with E-state index in [0.717, 1.165) is 24.0 Å². The topological polar surface area (TPSA) is 90.2 Å². The van der Waals surface area contributed by atoms with Gasteiger partial charge in [0, 0.05) is 6.42 Å². The molecule has 0 saturated carbocycles. The molecule has 0 aromatic heterocycles. The lowest BCUT2D eigenvalue weighted by atomic mass is 9.93. The first-order chi connectivity index (χ1) is 11.5. The van der Waals surface area contributed by atoms with Gasteiger partial charge >= 0.3 is 0 Å². The molecule has 0 unspecified atom stereocenters. The SMILES string of the molecule is Oc1ccc(CC[C@@H]2C[C@@H](O)C[C@H](c3ccc(O)c(O)c3)O2)cc1. The van der Waals surface area contributed by atoms with Gasteiger partial charge in [-0.15, -0.1) is 0 Å². The van der Waals surface area contributed by atoms with Gasteiger partial charge in [-0.3, -0.25) is 0 Å². The minimum absolute atomic E-state index is 0.0801.